The Bertz CT molecular complexity index is 880. The average Bonchev–Trinajstić information content (AvgIpc) is 3.05. The summed E-state index contributed by atoms with van der Waals surface area (Å²) in [7, 11) is 2.59. The number of carboxylic acid groups (broad SMARTS) is 1. The van der Waals surface area contributed by atoms with Crippen molar-refractivity contribution in [1.29, 1.82) is 0 Å². The molecule has 0 heterocycles. The van der Waals surface area contributed by atoms with Crippen LogP contribution < -0.4 is 0 Å². The molecule has 0 bridgehead atoms. The van der Waals surface area contributed by atoms with E-state index in [1.54, 1.807) is 0 Å². The predicted octanol–water partition coefficient (Wildman–Crippen LogP) is 3.27. The second-order valence-electron chi connectivity index (χ2n) is 6.88. The number of carboxylic acids is 1. The van der Waals surface area contributed by atoms with Crippen molar-refractivity contribution in [3.05, 3.63) is 59.7 Å². The van der Waals surface area contributed by atoms with Crippen LogP contribution in [-0.4, -0.2) is 54.8 Å². The van der Waals surface area contributed by atoms with Crippen molar-refractivity contribution in [2.24, 2.45) is 0 Å². The maximum Gasteiger partial charge on any atom is 0.410 e. The highest BCUT2D eigenvalue weighted by molar-refractivity contribution is 5.81. The molecule has 3 rings (SSSR count). The molecule has 0 saturated heterocycles. The molecule has 29 heavy (non-hydrogen) atoms. The Morgan fingerprint density at radius 3 is 2.10 bits per heavy atom. The molecule has 0 unspecified atom stereocenters. The van der Waals surface area contributed by atoms with Crippen molar-refractivity contribution in [3.63, 3.8) is 0 Å². The zero-order valence-corrected chi connectivity index (χ0v) is 16.3. The highest BCUT2D eigenvalue weighted by Crippen LogP contribution is 2.44. The van der Waals surface area contributed by atoms with Gasteiger partial charge in [0.25, 0.3) is 0 Å². The fourth-order valence-corrected chi connectivity index (χ4v) is 3.66. The maximum atomic E-state index is 12.5. The Hall–Kier alpha value is -3.35. The van der Waals surface area contributed by atoms with E-state index in [1.165, 1.54) is 14.2 Å². The van der Waals surface area contributed by atoms with Crippen LogP contribution in [0.4, 0.5) is 4.79 Å². The first kappa shape index (κ1) is 20.4. The molecule has 0 radical (unpaired) electrons. The van der Waals surface area contributed by atoms with E-state index < -0.39 is 24.1 Å². The van der Waals surface area contributed by atoms with Crippen molar-refractivity contribution in [3.8, 4) is 11.1 Å². The number of carbonyl (C=O) groups excluding carboxylic acids is 2. The third-order valence-corrected chi connectivity index (χ3v) is 5.23. The molecule has 0 aromatic heterocycles. The molecule has 7 heteroatoms. The molecule has 152 valence electrons. The summed E-state index contributed by atoms with van der Waals surface area (Å²) in [5.41, 5.74) is 4.37. The number of nitrogens with zero attached hydrogens (tertiary/aromatic N) is 1. The van der Waals surface area contributed by atoms with Gasteiger partial charge >= 0.3 is 18.0 Å². The minimum atomic E-state index is -1.20. The van der Waals surface area contributed by atoms with E-state index in [0.29, 0.717) is 0 Å². The molecular weight excluding hydrogens is 374 g/mol. The first-order chi connectivity index (χ1) is 13.9. The van der Waals surface area contributed by atoms with Crippen LogP contribution in [-0.2, 0) is 19.1 Å². The van der Waals surface area contributed by atoms with Gasteiger partial charge in [0, 0.05) is 19.4 Å². The van der Waals surface area contributed by atoms with Gasteiger partial charge in [0.05, 0.1) is 7.11 Å². The van der Waals surface area contributed by atoms with Gasteiger partial charge in [-0.1, -0.05) is 48.5 Å². The van der Waals surface area contributed by atoms with Crippen molar-refractivity contribution in [2.75, 3.05) is 20.8 Å². The molecule has 0 aliphatic heterocycles. The van der Waals surface area contributed by atoms with E-state index in [9.17, 15) is 19.5 Å². The average molecular weight is 397 g/mol. The standard InChI is InChI=1S/C22H23NO6/c1-23(19(21(25)26)11-12-20(24)28-2)22(27)29-13-18-16-9-5-3-7-14(16)15-8-4-6-10-17(15)18/h3-10,18-19H,11-13H2,1-2H3,(H,25,26)/t19-/m0/s1. The zero-order chi connectivity index (χ0) is 21.0. The van der Waals surface area contributed by atoms with Crippen LogP contribution in [0.25, 0.3) is 11.1 Å². The Kier molecular flexibility index (Phi) is 6.16. The lowest BCUT2D eigenvalue weighted by Crippen LogP contribution is -2.43. The highest BCUT2D eigenvalue weighted by atomic mass is 16.6. The van der Waals surface area contributed by atoms with Gasteiger partial charge in [0.2, 0.25) is 0 Å². The summed E-state index contributed by atoms with van der Waals surface area (Å²) in [4.78, 5) is 36.4. The lowest BCUT2D eigenvalue weighted by Gasteiger charge is -2.25. The van der Waals surface area contributed by atoms with E-state index in [0.717, 1.165) is 27.2 Å². The maximum absolute atomic E-state index is 12.5. The Balaban J connectivity index is 1.70. The summed E-state index contributed by atoms with van der Waals surface area (Å²) in [5, 5.41) is 9.42. The van der Waals surface area contributed by atoms with Crippen LogP contribution in [0.1, 0.15) is 29.9 Å². The second kappa shape index (κ2) is 8.77. The number of benzene rings is 2. The van der Waals surface area contributed by atoms with Crippen LogP contribution >= 0.6 is 0 Å². The molecule has 1 atom stereocenters. The number of rotatable bonds is 7. The first-order valence-electron chi connectivity index (χ1n) is 9.31. The quantitative estimate of drug-likeness (QED) is 0.721. The summed E-state index contributed by atoms with van der Waals surface area (Å²) in [5.74, 6) is -1.85. The van der Waals surface area contributed by atoms with E-state index in [1.807, 2.05) is 48.5 Å². The number of aliphatic carboxylic acids is 1. The highest BCUT2D eigenvalue weighted by Gasteiger charge is 2.32. The Morgan fingerprint density at radius 1 is 1.03 bits per heavy atom. The molecule has 1 aliphatic carbocycles. The molecule has 2 aromatic carbocycles. The lowest BCUT2D eigenvalue weighted by molar-refractivity contribution is -0.144. The minimum Gasteiger partial charge on any atom is -0.480 e. The summed E-state index contributed by atoms with van der Waals surface area (Å²) >= 11 is 0. The molecule has 1 N–H and O–H groups in total. The predicted molar refractivity (Wildman–Crippen MR) is 106 cm³/mol. The van der Waals surface area contributed by atoms with Crippen LogP contribution in [0.15, 0.2) is 48.5 Å². The topological polar surface area (TPSA) is 93.1 Å². The summed E-state index contributed by atoms with van der Waals surface area (Å²) < 4.78 is 10.0. The molecule has 0 fully saturated rings. The van der Waals surface area contributed by atoms with E-state index >= 15 is 0 Å². The molecule has 1 amide bonds. The van der Waals surface area contributed by atoms with Gasteiger partial charge < -0.3 is 14.6 Å². The summed E-state index contributed by atoms with van der Waals surface area (Å²) in [6, 6.07) is 14.7. The number of esters is 1. The molecule has 0 saturated carbocycles. The summed E-state index contributed by atoms with van der Waals surface area (Å²) in [6.45, 7) is 0.0978. The third kappa shape index (κ3) is 4.23. The normalized spacial score (nSPS) is 13.2. The van der Waals surface area contributed by atoms with Crippen LogP contribution in [0.5, 0.6) is 0 Å². The number of hydrogen-bond donors (Lipinski definition) is 1. The fraction of sp³-hybridized carbons (Fsp3) is 0.318. The lowest BCUT2D eigenvalue weighted by atomic mass is 9.98. The van der Waals surface area contributed by atoms with Crippen molar-refractivity contribution >= 4 is 18.0 Å². The van der Waals surface area contributed by atoms with Gasteiger partial charge in [0.15, 0.2) is 0 Å². The van der Waals surface area contributed by atoms with Gasteiger partial charge in [-0.15, -0.1) is 0 Å². The zero-order valence-electron chi connectivity index (χ0n) is 16.3. The number of ether oxygens (including phenoxy) is 2. The van der Waals surface area contributed by atoms with Gasteiger partial charge in [-0.05, 0) is 28.7 Å². The smallest absolute Gasteiger partial charge is 0.410 e. The number of hydrogen-bond acceptors (Lipinski definition) is 5. The monoisotopic (exact) mass is 397 g/mol. The van der Waals surface area contributed by atoms with E-state index in [4.69, 9.17) is 4.74 Å². The molecule has 7 nitrogen and oxygen atoms in total. The van der Waals surface area contributed by atoms with E-state index in [-0.39, 0.29) is 25.4 Å². The van der Waals surface area contributed by atoms with Crippen LogP contribution in [0.3, 0.4) is 0 Å². The Labute approximate surface area is 168 Å². The van der Waals surface area contributed by atoms with Gasteiger partial charge in [-0.3, -0.25) is 9.69 Å². The molecular formula is C22H23NO6. The van der Waals surface area contributed by atoms with Crippen molar-refractivity contribution in [1.82, 2.24) is 4.90 Å². The fourth-order valence-electron chi connectivity index (χ4n) is 3.66. The number of carbonyl (C=O) groups is 3. The summed E-state index contributed by atoms with van der Waals surface area (Å²) in [6.07, 6.45) is -0.902. The van der Waals surface area contributed by atoms with Crippen molar-refractivity contribution < 1.29 is 29.0 Å². The van der Waals surface area contributed by atoms with Gasteiger partial charge in [0.1, 0.15) is 12.6 Å². The number of likely N-dealkylation sites (N-methyl/N-ethyl adjacent to an activating group) is 1. The SMILES string of the molecule is COC(=O)CC[C@@H](C(=O)O)N(C)C(=O)OCC1c2ccccc2-c2ccccc21. The largest absolute Gasteiger partial charge is 0.480 e. The van der Waals surface area contributed by atoms with Crippen molar-refractivity contribution in [2.45, 2.75) is 24.8 Å². The Morgan fingerprint density at radius 2 is 1.59 bits per heavy atom. The van der Waals surface area contributed by atoms with Gasteiger partial charge in [-0.25, -0.2) is 9.59 Å². The van der Waals surface area contributed by atoms with E-state index in [2.05, 4.69) is 4.74 Å². The molecule has 1 aliphatic rings. The second-order valence-corrected chi connectivity index (χ2v) is 6.88. The number of amides is 1. The first-order valence-corrected chi connectivity index (χ1v) is 9.31. The number of fused-ring (bicyclic) bond motifs is 3. The molecule has 2 aromatic rings. The third-order valence-electron chi connectivity index (χ3n) is 5.23. The van der Waals surface area contributed by atoms with Gasteiger partial charge in [-0.2, -0.15) is 0 Å². The molecule has 0 spiro atoms. The van der Waals surface area contributed by atoms with Crippen LogP contribution in [0, 0.1) is 0 Å². The number of methoxy groups -OCH3 is 1. The minimum absolute atomic E-state index is 0.0529. The van der Waals surface area contributed by atoms with Crippen LogP contribution in [0.2, 0.25) is 0 Å².